The van der Waals surface area contributed by atoms with E-state index in [-0.39, 0.29) is 5.91 Å². The van der Waals surface area contributed by atoms with Gasteiger partial charge in [0.25, 0.3) is 5.91 Å². The van der Waals surface area contributed by atoms with Crippen LogP contribution in [-0.2, 0) is 6.42 Å². The van der Waals surface area contributed by atoms with Gasteiger partial charge in [-0.15, -0.1) is 11.3 Å². The number of amides is 1. The Bertz CT molecular complexity index is 563. The lowest BCUT2D eigenvalue weighted by atomic mass is 10.1. The molecule has 1 aromatic carbocycles. The van der Waals surface area contributed by atoms with Crippen LogP contribution in [0, 0.1) is 0 Å². The first-order valence-corrected chi connectivity index (χ1v) is 6.38. The van der Waals surface area contributed by atoms with Gasteiger partial charge < -0.3 is 10.6 Å². The number of nitrogens with zero attached hydrogens (tertiary/aromatic N) is 1. The molecule has 3 nitrogen and oxygen atoms in total. The zero-order chi connectivity index (χ0) is 11.8. The van der Waals surface area contributed by atoms with E-state index in [9.17, 15) is 4.79 Å². The number of nitrogen functional groups attached to an aromatic ring is 1. The Balaban J connectivity index is 2.02. The summed E-state index contributed by atoms with van der Waals surface area (Å²) in [4.78, 5) is 14.9. The van der Waals surface area contributed by atoms with Crippen molar-refractivity contribution in [3.63, 3.8) is 0 Å². The molecule has 0 aliphatic carbocycles. The van der Waals surface area contributed by atoms with Crippen LogP contribution in [-0.4, -0.2) is 12.5 Å². The number of fused-ring (bicyclic) bond motifs is 1. The first-order valence-electron chi connectivity index (χ1n) is 5.50. The average Bonchev–Trinajstić information content (AvgIpc) is 2.98. The number of thiophene rings is 1. The van der Waals surface area contributed by atoms with E-state index in [0.717, 1.165) is 29.1 Å². The normalized spacial score (nSPS) is 13.8. The van der Waals surface area contributed by atoms with Gasteiger partial charge in [0.1, 0.15) is 0 Å². The highest BCUT2D eigenvalue weighted by Crippen LogP contribution is 2.34. The number of nitrogens with two attached hydrogens (primary N) is 1. The van der Waals surface area contributed by atoms with E-state index in [1.54, 1.807) is 4.90 Å². The predicted octanol–water partition coefficient (Wildman–Crippen LogP) is 2.53. The maximum atomic E-state index is 12.3. The van der Waals surface area contributed by atoms with Crippen molar-refractivity contribution in [3.8, 4) is 0 Å². The van der Waals surface area contributed by atoms with Crippen LogP contribution in [0.5, 0.6) is 0 Å². The Morgan fingerprint density at radius 3 is 2.94 bits per heavy atom. The fourth-order valence-electron chi connectivity index (χ4n) is 2.22. The Morgan fingerprint density at radius 1 is 1.29 bits per heavy atom. The summed E-state index contributed by atoms with van der Waals surface area (Å²) in [5.74, 6) is 0.0525. The second-order valence-corrected chi connectivity index (χ2v) is 4.99. The molecule has 0 saturated heterocycles. The zero-order valence-corrected chi connectivity index (χ0v) is 10.0. The van der Waals surface area contributed by atoms with E-state index in [0.29, 0.717) is 5.69 Å². The maximum absolute atomic E-state index is 12.3. The van der Waals surface area contributed by atoms with Crippen LogP contribution >= 0.6 is 11.3 Å². The van der Waals surface area contributed by atoms with Gasteiger partial charge in [-0.05, 0) is 29.5 Å². The standard InChI is InChI=1S/C13H12N2OS/c14-10-4-1-3-9-6-7-15(12(9)10)13(16)11-5-2-8-17-11/h1-5,8H,6-7,14H2. The third-order valence-electron chi connectivity index (χ3n) is 3.00. The van der Waals surface area contributed by atoms with Gasteiger partial charge in [-0.25, -0.2) is 0 Å². The Hall–Kier alpha value is -1.81. The predicted molar refractivity (Wildman–Crippen MR) is 70.6 cm³/mol. The quantitative estimate of drug-likeness (QED) is 0.783. The highest BCUT2D eigenvalue weighted by Gasteiger charge is 2.27. The summed E-state index contributed by atoms with van der Waals surface area (Å²) in [6.45, 7) is 0.723. The van der Waals surface area contributed by atoms with Gasteiger partial charge in [0, 0.05) is 6.54 Å². The molecule has 3 rings (SSSR count). The Labute approximate surface area is 103 Å². The summed E-state index contributed by atoms with van der Waals surface area (Å²) < 4.78 is 0. The fourth-order valence-corrected chi connectivity index (χ4v) is 2.89. The van der Waals surface area contributed by atoms with Crippen LogP contribution in [0.15, 0.2) is 35.7 Å². The minimum Gasteiger partial charge on any atom is -0.397 e. The number of hydrogen-bond donors (Lipinski definition) is 1. The van der Waals surface area contributed by atoms with Crippen LogP contribution in [0.3, 0.4) is 0 Å². The topological polar surface area (TPSA) is 46.3 Å². The van der Waals surface area contributed by atoms with Gasteiger partial charge in [-0.2, -0.15) is 0 Å². The van der Waals surface area contributed by atoms with E-state index >= 15 is 0 Å². The summed E-state index contributed by atoms with van der Waals surface area (Å²) in [6.07, 6.45) is 0.886. The van der Waals surface area contributed by atoms with E-state index in [4.69, 9.17) is 5.73 Å². The van der Waals surface area contributed by atoms with Gasteiger partial charge in [0.05, 0.1) is 16.3 Å². The lowest BCUT2D eigenvalue weighted by Crippen LogP contribution is -2.28. The second-order valence-electron chi connectivity index (χ2n) is 4.04. The van der Waals surface area contributed by atoms with Crippen LogP contribution < -0.4 is 10.6 Å². The minimum absolute atomic E-state index is 0.0525. The first-order chi connectivity index (χ1) is 8.27. The van der Waals surface area contributed by atoms with Crippen LogP contribution in [0.25, 0.3) is 0 Å². The molecule has 1 aliphatic rings. The highest BCUT2D eigenvalue weighted by molar-refractivity contribution is 7.12. The number of carbonyl (C=O) groups is 1. The smallest absolute Gasteiger partial charge is 0.268 e. The molecular formula is C13H12N2OS. The van der Waals surface area contributed by atoms with Crippen molar-refractivity contribution in [1.29, 1.82) is 0 Å². The van der Waals surface area contributed by atoms with Crippen molar-refractivity contribution >= 4 is 28.6 Å². The molecule has 86 valence electrons. The lowest BCUT2D eigenvalue weighted by Gasteiger charge is -2.17. The van der Waals surface area contributed by atoms with Crippen molar-refractivity contribution < 1.29 is 4.79 Å². The number of para-hydroxylation sites is 1. The van der Waals surface area contributed by atoms with Gasteiger partial charge >= 0.3 is 0 Å². The SMILES string of the molecule is Nc1cccc2c1N(C(=O)c1cccs1)CC2. The van der Waals surface area contributed by atoms with E-state index in [2.05, 4.69) is 0 Å². The minimum atomic E-state index is 0.0525. The van der Waals surface area contributed by atoms with Crippen molar-refractivity contribution in [2.45, 2.75) is 6.42 Å². The Kier molecular flexibility index (Phi) is 2.37. The van der Waals surface area contributed by atoms with Crippen LogP contribution in [0.2, 0.25) is 0 Å². The molecule has 1 aliphatic heterocycles. The molecule has 0 spiro atoms. The average molecular weight is 244 g/mol. The molecule has 2 N–H and O–H groups in total. The molecular weight excluding hydrogens is 232 g/mol. The molecule has 2 heterocycles. The molecule has 2 aromatic rings. The molecule has 0 unspecified atom stereocenters. The summed E-state index contributed by atoms with van der Waals surface area (Å²) in [7, 11) is 0. The number of anilines is 2. The number of carbonyl (C=O) groups excluding carboxylic acids is 1. The highest BCUT2D eigenvalue weighted by atomic mass is 32.1. The molecule has 1 amide bonds. The first kappa shape index (κ1) is 10.4. The van der Waals surface area contributed by atoms with Crippen molar-refractivity contribution in [2.24, 2.45) is 0 Å². The van der Waals surface area contributed by atoms with E-state index in [1.807, 2.05) is 35.7 Å². The number of hydrogen-bond acceptors (Lipinski definition) is 3. The maximum Gasteiger partial charge on any atom is 0.268 e. The zero-order valence-electron chi connectivity index (χ0n) is 9.22. The summed E-state index contributed by atoms with van der Waals surface area (Å²) in [5.41, 5.74) is 8.70. The van der Waals surface area contributed by atoms with Crippen molar-refractivity contribution in [1.82, 2.24) is 0 Å². The van der Waals surface area contributed by atoms with Crippen molar-refractivity contribution in [2.75, 3.05) is 17.2 Å². The van der Waals surface area contributed by atoms with Gasteiger partial charge in [-0.3, -0.25) is 4.79 Å². The number of benzene rings is 1. The fraction of sp³-hybridized carbons (Fsp3) is 0.154. The molecule has 17 heavy (non-hydrogen) atoms. The van der Waals surface area contributed by atoms with Gasteiger partial charge in [0.2, 0.25) is 0 Å². The molecule has 0 atom stereocenters. The second kappa shape index (κ2) is 3.89. The molecule has 4 heteroatoms. The molecule has 0 saturated carbocycles. The van der Waals surface area contributed by atoms with Gasteiger partial charge in [0.15, 0.2) is 0 Å². The van der Waals surface area contributed by atoms with E-state index < -0.39 is 0 Å². The van der Waals surface area contributed by atoms with Gasteiger partial charge in [-0.1, -0.05) is 18.2 Å². The molecule has 0 fully saturated rings. The third-order valence-corrected chi connectivity index (χ3v) is 3.86. The number of rotatable bonds is 1. The van der Waals surface area contributed by atoms with Crippen LogP contribution in [0.4, 0.5) is 11.4 Å². The molecule has 1 aromatic heterocycles. The largest absolute Gasteiger partial charge is 0.397 e. The summed E-state index contributed by atoms with van der Waals surface area (Å²) in [5, 5.41) is 1.92. The van der Waals surface area contributed by atoms with E-state index in [1.165, 1.54) is 11.3 Å². The lowest BCUT2D eigenvalue weighted by molar-refractivity contribution is 0.0993. The third kappa shape index (κ3) is 1.61. The van der Waals surface area contributed by atoms with Crippen LogP contribution in [0.1, 0.15) is 15.2 Å². The van der Waals surface area contributed by atoms with Crippen molar-refractivity contribution in [3.05, 3.63) is 46.2 Å². The Morgan fingerprint density at radius 2 is 2.18 bits per heavy atom. The summed E-state index contributed by atoms with van der Waals surface area (Å²) in [6, 6.07) is 9.56. The molecule has 0 radical (unpaired) electrons. The monoisotopic (exact) mass is 244 g/mol. The summed E-state index contributed by atoms with van der Waals surface area (Å²) >= 11 is 1.47. The molecule has 0 bridgehead atoms.